The van der Waals surface area contributed by atoms with Gasteiger partial charge in [0.15, 0.2) is 0 Å². The molecule has 5 heteroatoms. The molecular weight excluding hydrogens is 170 g/mol. The quantitative estimate of drug-likeness (QED) is 0.371. The smallest absolute Gasteiger partial charge is 0.337 e. The predicted octanol–water partition coefficient (Wildman–Crippen LogP) is 0.218. The fourth-order valence-corrected chi connectivity index (χ4v) is 0.556. The monoisotopic (exact) mass is 183 g/mol. The second-order valence-corrected chi connectivity index (χ2v) is 2.47. The van der Waals surface area contributed by atoms with E-state index in [1.807, 2.05) is 0 Å². The summed E-state index contributed by atoms with van der Waals surface area (Å²) in [5, 5.41) is 2.57. The van der Waals surface area contributed by atoms with E-state index in [1.54, 1.807) is 6.92 Å². The van der Waals surface area contributed by atoms with Crippen molar-refractivity contribution in [3.05, 3.63) is 12.2 Å². The van der Waals surface area contributed by atoms with E-state index in [1.165, 1.54) is 6.21 Å². The lowest BCUT2D eigenvalue weighted by atomic mass is 10.3. The van der Waals surface area contributed by atoms with Crippen LogP contribution in [0.2, 0.25) is 0 Å². The summed E-state index contributed by atoms with van der Waals surface area (Å²) in [6.45, 7) is 5.50. The number of nitrogens with zero attached hydrogens (tertiary/aromatic N) is 1. The maximum absolute atomic E-state index is 10.9. The number of hydrogen-bond acceptors (Lipinski definition) is 2. The van der Waals surface area contributed by atoms with Gasteiger partial charge in [-0.1, -0.05) is 6.58 Å². The van der Waals surface area contributed by atoms with Crippen LogP contribution in [-0.2, 0) is 4.79 Å². The van der Waals surface area contributed by atoms with Crippen LogP contribution in [0.15, 0.2) is 17.1 Å². The van der Waals surface area contributed by atoms with Gasteiger partial charge in [0.2, 0.25) is 5.91 Å². The summed E-state index contributed by atoms with van der Waals surface area (Å²) in [4.78, 5) is 24.3. The summed E-state index contributed by atoms with van der Waals surface area (Å²) in [7, 11) is 0. The van der Waals surface area contributed by atoms with E-state index < -0.39 is 6.03 Å². The molecule has 5 nitrogen and oxygen atoms in total. The predicted molar refractivity (Wildman–Crippen MR) is 50.5 cm³/mol. The average Bonchev–Trinajstić information content (AvgIpc) is 2.02. The fourth-order valence-electron chi connectivity index (χ4n) is 0.556. The minimum atomic E-state index is -0.730. The van der Waals surface area contributed by atoms with Crippen LogP contribution in [0.4, 0.5) is 4.79 Å². The minimum absolute atomic E-state index is 0.201. The van der Waals surface area contributed by atoms with Gasteiger partial charge in [-0.2, -0.15) is 0 Å². The van der Waals surface area contributed by atoms with Crippen molar-refractivity contribution < 1.29 is 9.59 Å². The Bertz CT molecular complexity index is 246. The Morgan fingerprint density at radius 3 is 2.69 bits per heavy atom. The van der Waals surface area contributed by atoms with Crippen LogP contribution in [0.5, 0.6) is 0 Å². The molecule has 0 aromatic rings. The Balaban J connectivity index is 3.52. The van der Waals surface area contributed by atoms with Crippen LogP contribution in [0.25, 0.3) is 0 Å². The molecular formula is C8H13N3O2. The number of rotatable bonds is 4. The second kappa shape index (κ2) is 5.93. The van der Waals surface area contributed by atoms with Crippen LogP contribution >= 0.6 is 0 Å². The van der Waals surface area contributed by atoms with E-state index in [0.717, 1.165) is 0 Å². The van der Waals surface area contributed by atoms with Crippen molar-refractivity contribution in [3.63, 3.8) is 0 Å². The van der Waals surface area contributed by atoms with Crippen LogP contribution < -0.4 is 11.1 Å². The van der Waals surface area contributed by atoms with Gasteiger partial charge in [-0.25, -0.2) is 9.79 Å². The molecule has 0 fully saturated rings. The van der Waals surface area contributed by atoms with Crippen molar-refractivity contribution in [1.82, 2.24) is 5.32 Å². The van der Waals surface area contributed by atoms with Crippen molar-refractivity contribution in [2.75, 3.05) is 6.54 Å². The summed E-state index contributed by atoms with van der Waals surface area (Å²) in [6.07, 6.45) is 1.84. The number of carbonyl (C=O) groups excluding carboxylic acids is 2. The maximum atomic E-state index is 10.9. The normalized spacial score (nSPS) is 9.92. The van der Waals surface area contributed by atoms with E-state index in [0.29, 0.717) is 18.5 Å². The molecule has 0 bridgehead atoms. The summed E-state index contributed by atoms with van der Waals surface area (Å²) < 4.78 is 0. The lowest BCUT2D eigenvalue weighted by molar-refractivity contribution is -0.117. The van der Waals surface area contributed by atoms with Gasteiger partial charge in [0, 0.05) is 24.8 Å². The van der Waals surface area contributed by atoms with E-state index >= 15 is 0 Å². The summed E-state index contributed by atoms with van der Waals surface area (Å²) in [6, 6.07) is -0.730. The number of nitrogens with two attached hydrogens (primary N) is 1. The molecule has 0 unspecified atom stereocenters. The zero-order valence-corrected chi connectivity index (χ0v) is 7.54. The van der Waals surface area contributed by atoms with Crippen molar-refractivity contribution in [2.45, 2.75) is 13.3 Å². The third-order valence-corrected chi connectivity index (χ3v) is 1.17. The third kappa shape index (κ3) is 6.74. The number of nitrogens with one attached hydrogen (secondary N) is 1. The summed E-state index contributed by atoms with van der Waals surface area (Å²) in [5.41, 5.74) is 5.20. The summed E-state index contributed by atoms with van der Waals surface area (Å²) in [5.74, 6) is -0.201. The van der Waals surface area contributed by atoms with E-state index in [-0.39, 0.29) is 5.91 Å². The molecule has 0 spiro atoms. The van der Waals surface area contributed by atoms with Gasteiger partial charge in [0.05, 0.1) is 0 Å². The molecule has 0 aliphatic heterocycles. The highest BCUT2D eigenvalue weighted by Gasteiger charge is 1.97. The van der Waals surface area contributed by atoms with Gasteiger partial charge in [-0.05, 0) is 6.92 Å². The van der Waals surface area contributed by atoms with Crippen LogP contribution in [-0.4, -0.2) is 24.7 Å². The molecule has 0 aliphatic carbocycles. The SMILES string of the molecule is C=C(C)C(=O)NCCC=NC(N)=O. The Hall–Kier alpha value is -1.65. The largest absolute Gasteiger partial charge is 0.352 e. The van der Waals surface area contributed by atoms with Crippen LogP contribution in [0.1, 0.15) is 13.3 Å². The van der Waals surface area contributed by atoms with Crippen molar-refractivity contribution in [3.8, 4) is 0 Å². The molecule has 3 N–H and O–H groups in total. The number of carbonyl (C=O) groups is 2. The highest BCUT2D eigenvalue weighted by Crippen LogP contribution is 1.84. The lowest BCUT2D eigenvalue weighted by Gasteiger charge is -2.00. The Kier molecular flexibility index (Phi) is 5.18. The van der Waals surface area contributed by atoms with Gasteiger partial charge in [-0.3, -0.25) is 4.79 Å². The topological polar surface area (TPSA) is 84.6 Å². The standard InChI is InChI=1S/C8H13N3O2/c1-6(2)7(12)10-4-3-5-11-8(9)13/h5H,1,3-4H2,2H3,(H2,9,13)(H,10,12). The van der Waals surface area contributed by atoms with Gasteiger partial charge >= 0.3 is 6.03 Å². The van der Waals surface area contributed by atoms with E-state index in [4.69, 9.17) is 5.73 Å². The van der Waals surface area contributed by atoms with E-state index in [9.17, 15) is 9.59 Å². The highest BCUT2D eigenvalue weighted by atomic mass is 16.2. The first-order chi connectivity index (χ1) is 6.04. The highest BCUT2D eigenvalue weighted by molar-refractivity contribution is 5.92. The average molecular weight is 183 g/mol. The molecule has 0 radical (unpaired) electrons. The first kappa shape index (κ1) is 11.4. The maximum Gasteiger partial charge on any atom is 0.337 e. The molecule has 0 heterocycles. The molecule has 3 amide bonds. The molecule has 0 aromatic heterocycles. The number of urea groups is 1. The Morgan fingerprint density at radius 2 is 2.23 bits per heavy atom. The molecule has 72 valence electrons. The van der Waals surface area contributed by atoms with E-state index in [2.05, 4.69) is 16.9 Å². The van der Waals surface area contributed by atoms with Crippen molar-refractivity contribution in [1.29, 1.82) is 0 Å². The molecule has 0 saturated heterocycles. The minimum Gasteiger partial charge on any atom is -0.352 e. The third-order valence-electron chi connectivity index (χ3n) is 1.17. The first-order valence-corrected chi connectivity index (χ1v) is 3.79. The van der Waals surface area contributed by atoms with Gasteiger partial charge in [-0.15, -0.1) is 0 Å². The number of primary amides is 1. The second-order valence-electron chi connectivity index (χ2n) is 2.47. The summed E-state index contributed by atoms with van der Waals surface area (Å²) >= 11 is 0. The van der Waals surface area contributed by atoms with Gasteiger partial charge in [0.25, 0.3) is 0 Å². The number of hydrogen-bond donors (Lipinski definition) is 2. The zero-order valence-electron chi connectivity index (χ0n) is 7.54. The van der Waals surface area contributed by atoms with Gasteiger partial charge < -0.3 is 11.1 Å². The Morgan fingerprint density at radius 1 is 1.62 bits per heavy atom. The van der Waals surface area contributed by atoms with Gasteiger partial charge in [0.1, 0.15) is 0 Å². The van der Waals surface area contributed by atoms with Crippen molar-refractivity contribution in [2.24, 2.45) is 10.7 Å². The zero-order chi connectivity index (χ0) is 10.3. The molecule has 0 aliphatic rings. The molecule has 0 saturated carbocycles. The van der Waals surface area contributed by atoms with Crippen LogP contribution in [0, 0.1) is 0 Å². The molecule has 0 atom stereocenters. The molecule has 13 heavy (non-hydrogen) atoms. The van der Waals surface area contributed by atoms with Crippen LogP contribution in [0.3, 0.4) is 0 Å². The fraction of sp³-hybridized carbons (Fsp3) is 0.375. The first-order valence-electron chi connectivity index (χ1n) is 3.79. The lowest BCUT2D eigenvalue weighted by Crippen LogP contribution is -2.24. The Labute approximate surface area is 76.7 Å². The van der Waals surface area contributed by atoms with Crippen molar-refractivity contribution >= 4 is 18.2 Å². The number of amides is 3. The molecule has 0 rings (SSSR count). The molecule has 0 aromatic carbocycles. The number of aliphatic imine (C=N–C) groups is 1.